The molecule has 0 aliphatic carbocycles. The van der Waals surface area contributed by atoms with Crippen molar-refractivity contribution in [1.29, 1.82) is 0 Å². The minimum atomic E-state index is -0.545. The molecule has 1 rings (SSSR count). The van der Waals surface area contributed by atoms with Crippen LogP contribution in [-0.2, 0) is 38.1 Å². The number of esters is 4. The third kappa shape index (κ3) is 13.7. The van der Waals surface area contributed by atoms with E-state index in [9.17, 15) is 19.2 Å². The lowest BCUT2D eigenvalue weighted by atomic mass is 10.4. The summed E-state index contributed by atoms with van der Waals surface area (Å²) in [5.74, 6) is -2.06. The van der Waals surface area contributed by atoms with Gasteiger partial charge in [-0.25, -0.2) is 9.59 Å². The van der Waals surface area contributed by atoms with E-state index >= 15 is 0 Å². The van der Waals surface area contributed by atoms with E-state index in [0.717, 1.165) is 32.1 Å². The monoisotopic (exact) mass is 444 g/mol. The Kier molecular flexibility index (Phi) is 14.3. The first-order chi connectivity index (χ1) is 14.9. The van der Waals surface area contributed by atoms with E-state index in [1.165, 1.54) is 0 Å². The molecule has 0 radical (unpaired) electrons. The number of rotatable bonds is 14. The zero-order chi connectivity index (χ0) is 22.9. The molecular weight excluding hydrogens is 408 g/mol. The molecule has 10 heteroatoms. The highest BCUT2D eigenvalue weighted by atomic mass is 16.6. The minimum Gasteiger partial charge on any atom is -0.463 e. The van der Waals surface area contributed by atoms with E-state index in [1.807, 2.05) is 23.6 Å². The van der Waals surface area contributed by atoms with Crippen LogP contribution in [0.5, 0.6) is 0 Å². The predicted molar refractivity (Wildman–Crippen MR) is 111 cm³/mol. The lowest BCUT2D eigenvalue weighted by Gasteiger charge is -2.20. The summed E-state index contributed by atoms with van der Waals surface area (Å²) in [5.41, 5.74) is 0. The summed E-state index contributed by atoms with van der Waals surface area (Å²) >= 11 is 0. The Morgan fingerprint density at radius 1 is 0.613 bits per heavy atom. The molecule has 1 fully saturated rings. The Morgan fingerprint density at radius 2 is 1.03 bits per heavy atom. The molecule has 0 aromatic carbocycles. The molecule has 31 heavy (non-hydrogen) atoms. The van der Waals surface area contributed by atoms with Crippen LogP contribution in [-0.4, -0.2) is 99.4 Å². The molecule has 0 amide bonds. The van der Waals surface area contributed by atoms with Crippen molar-refractivity contribution < 1.29 is 38.1 Å². The standard InChI is InChI=1S/C21H36N2O8/c1-3-5-12-28-20(26)16-30-18(24)14-22-8-7-9-23(11-10-22)15-19(25)31-17-21(27)29-13-6-4-2/h3-17H2,1-2H3. The summed E-state index contributed by atoms with van der Waals surface area (Å²) in [4.78, 5) is 50.7. The summed E-state index contributed by atoms with van der Waals surface area (Å²) in [7, 11) is 0. The van der Waals surface area contributed by atoms with Crippen molar-refractivity contribution >= 4 is 23.9 Å². The molecule has 0 unspecified atom stereocenters. The second-order valence-corrected chi connectivity index (χ2v) is 7.38. The van der Waals surface area contributed by atoms with Gasteiger partial charge >= 0.3 is 23.9 Å². The molecule has 0 saturated carbocycles. The smallest absolute Gasteiger partial charge is 0.344 e. The molecule has 178 valence electrons. The SMILES string of the molecule is CCCCOC(=O)COC(=O)CN1CCCN(CC(=O)OCC(=O)OCCCC)CC1. The van der Waals surface area contributed by atoms with Gasteiger partial charge in [0.15, 0.2) is 13.2 Å². The third-order valence-corrected chi connectivity index (χ3v) is 4.61. The molecule has 0 spiro atoms. The Hall–Kier alpha value is -2.20. The van der Waals surface area contributed by atoms with Crippen LogP contribution >= 0.6 is 0 Å². The largest absolute Gasteiger partial charge is 0.463 e. The minimum absolute atomic E-state index is 0.0735. The van der Waals surface area contributed by atoms with Gasteiger partial charge in [-0.05, 0) is 19.3 Å². The molecule has 0 aromatic heterocycles. The van der Waals surface area contributed by atoms with Crippen molar-refractivity contribution in [2.24, 2.45) is 0 Å². The quantitative estimate of drug-likeness (QED) is 0.216. The average molecular weight is 445 g/mol. The highest BCUT2D eigenvalue weighted by Crippen LogP contribution is 2.04. The fourth-order valence-corrected chi connectivity index (χ4v) is 2.82. The van der Waals surface area contributed by atoms with Crippen LogP contribution in [0.1, 0.15) is 46.0 Å². The molecule has 0 aromatic rings. The Bertz CT molecular complexity index is 522. The summed E-state index contributed by atoms with van der Waals surface area (Å²) in [6.07, 6.45) is 4.16. The van der Waals surface area contributed by atoms with Crippen molar-refractivity contribution in [1.82, 2.24) is 9.80 Å². The summed E-state index contributed by atoms with van der Waals surface area (Å²) in [6, 6.07) is 0. The highest BCUT2D eigenvalue weighted by molar-refractivity contribution is 5.78. The fraction of sp³-hybridized carbons (Fsp3) is 0.810. The van der Waals surface area contributed by atoms with Crippen LogP contribution in [0.2, 0.25) is 0 Å². The fourth-order valence-electron chi connectivity index (χ4n) is 2.82. The van der Waals surface area contributed by atoms with Gasteiger partial charge in [0, 0.05) is 26.2 Å². The van der Waals surface area contributed by atoms with E-state index < -0.39 is 23.9 Å². The first-order valence-electron chi connectivity index (χ1n) is 11.0. The first-order valence-corrected chi connectivity index (χ1v) is 11.0. The van der Waals surface area contributed by atoms with Gasteiger partial charge < -0.3 is 18.9 Å². The lowest BCUT2D eigenvalue weighted by Crippen LogP contribution is -2.37. The molecule has 0 atom stereocenters. The van der Waals surface area contributed by atoms with Crippen molar-refractivity contribution in [2.75, 3.05) is 65.7 Å². The molecule has 1 heterocycles. The third-order valence-electron chi connectivity index (χ3n) is 4.61. The predicted octanol–water partition coefficient (Wildman–Crippen LogP) is 0.767. The van der Waals surface area contributed by atoms with Gasteiger partial charge in [0.1, 0.15) is 0 Å². The second kappa shape index (κ2) is 16.5. The normalized spacial score (nSPS) is 15.0. The molecular formula is C21H36N2O8. The Labute approximate surface area is 184 Å². The molecule has 1 aliphatic heterocycles. The molecule has 0 N–H and O–H groups in total. The van der Waals surface area contributed by atoms with E-state index in [0.29, 0.717) is 39.4 Å². The van der Waals surface area contributed by atoms with Gasteiger partial charge in [-0.2, -0.15) is 0 Å². The zero-order valence-corrected chi connectivity index (χ0v) is 18.8. The topological polar surface area (TPSA) is 112 Å². The average Bonchev–Trinajstić information content (AvgIpc) is 2.96. The number of nitrogens with zero attached hydrogens (tertiary/aromatic N) is 2. The van der Waals surface area contributed by atoms with Crippen molar-refractivity contribution in [3.63, 3.8) is 0 Å². The maximum Gasteiger partial charge on any atom is 0.344 e. The van der Waals surface area contributed by atoms with Crippen LogP contribution < -0.4 is 0 Å². The van der Waals surface area contributed by atoms with Gasteiger partial charge in [-0.3, -0.25) is 19.4 Å². The van der Waals surface area contributed by atoms with Gasteiger partial charge in [0.25, 0.3) is 0 Å². The summed E-state index contributed by atoms with van der Waals surface area (Å²) < 4.78 is 19.8. The number of carbonyl (C=O) groups is 4. The maximum atomic E-state index is 12.0. The number of carbonyl (C=O) groups excluding carboxylic acids is 4. The Morgan fingerprint density at radius 3 is 1.42 bits per heavy atom. The van der Waals surface area contributed by atoms with E-state index in [-0.39, 0.29) is 26.3 Å². The second-order valence-electron chi connectivity index (χ2n) is 7.38. The van der Waals surface area contributed by atoms with Crippen LogP contribution in [0.4, 0.5) is 0 Å². The van der Waals surface area contributed by atoms with Gasteiger partial charge in [0.05, 0.1) is 26.3 Å². The van der Waals surface area contributed by atoms with Crippen LogP contribution in [0, 0.1) is 0 Å². The van der Waals surface area contributed by atoms with E-state index in [1.54, 1.807) is 0 Å². The molecule has 1 aliphatic rings. The number of hydrogen-bond acceptors (Lipinski definition) is 10. The van der Waals surface area contributed by atoms with Crippen molar-refractivity contribution in [3.8, 4) is 0 Å². The summed E-state index contributed by atoms with van der Waals surface area (Å²) in [5, 5.41) is 0. The van der Waals surface area contributed by atoms with Gasteiger partial charge in [0.2, 0.25) is 0 Å². The van der Waals surface area contributed by atoms with Crippen molar-refractivity contribution in [3.05, 3.63) is 0 Å². The number of hydrogen-bond donors (Lipinski definition) is 0. The first kappa shape index (κ1) is 26.8. The number of ether oxygens (including phenoxy) is 4. The molecule has 0 bridgehead atoms. The Balaban J connectivity index is 2.21. The van der Waals surface area contributed by atoms with Crippen LogP contribution in [0.25, 0.3) is 0 Å². The van der Waals surface area contributed by atoms with Crippen LogP contribution in [0.3, 0.4) is 0 Å². The maximum absolute atomic E-state index is 12.0. The van der Waals surface area contributed by atoms with E-state index in [2.05, 4.69) is 0 Å². The highest BCUT2D eigenvalue weighted by Gasteiger charge is 2.20. The molecule has 1 saturated heterocycles. The van der Waals surface area contributed by atoms with Gasteiger partial charge in [-0.1, -0.05) is 26.7 Å². The zero-order valence-electron chi connectivity index (χ0n) is 18.8. The van der Waals surface area contributed by atoms with Crippen molar-refractivity contribution in [2.45, 2.75) is 46.0 Å². The lowest BCUT2D eigenvalue weighted by molar-refractivity contribution is -0.159. The van der Waals surface area contributed by atoms with E-state index in [4.69, 9.17) is 18.9 Å². The van der Waals surface area contributed by atoms with Crippen LogP contribution in [0.15, 0.2) is 0 Å². The molecule has 10 nitrogen and oxygen atoms in total. The summed E-state index contributed by atoms with van der Waals surface area (Å²) in [6.45, 7) is 6.52. The van der Waals surface area contributed by atoms with Gasteiger partial charge in [-0.15, -0.1) is 0 Å². The number of unbranched alkanes of at least 4 members (excludes halogenated alkanes) is 2.